The number of alkyl halides is 1. The van der Waals surface area contributed by atoms with E-state index in [1.807, 2.05) is 6.07 Å². The lowest BCUT2D eigenvalue weighted by Crippen LogP contribution is -2.04. The molecule has 0 amide bonds. The van der Waals surface area contributed by atoms with E-state index in [0.29, 0.717) is 33.7 Å². The molecule has 30 heavy (non-hydrogen) atoms. The maximum Gasteiger partial charge on any atom is 0.163 e. The molecule has 5 nitrogen and oxygen atoms in total. The Morgan fingerprint density at radius 1 is 1.03 bits per heavy atom. The van der Waals surface area contributed by atoms with E-state index in [2.05, 4.69) is 20.3 Å². The van der Waals surface area contributed by atoms with Gasteiger partial charge in [-0.1, -0.05) is 0 Å². The SMILES string of the molecule is CNc1nc(-c2cccnc2)nc2c(OCCF)cc(-c3cc(F)ccc3F)cc12. The standard InChI is InChI=1S/C22H17F3N4O/c1-26-22-17-9-14(16-11-15(24)4-5-18(16)25)10-19(30-8-6-23)20(17)28-21(29-22)13-3-2-7-27-12-13/h2-5,7,9-12H,6,8H2,1H3,(H,26,28,29). The Hall–Kier alpha value is -3.68. The van der Waals surface area contributed by atoms with Crippen molar-refractivity contribution in [1.82, 2.24) is 15.0 Å². The van der Waals surface area contributed by atoms with Crippen molar-refractivity contribution in [3.63, 3.8) is 0 Å². The normalized spacial score (nSPS) is 10.9. The highest BCUT2D eigenvalue weighted by molar-refractivity contribution is 5.97. The van der Waals surface area contributed by atoms with Crippen molar-refractivity contribution in [3.05, 3.63) is 66.5 Å². The average molecular weight is 410 g/mol. The summed E-state index contributed by atoms with van der Waals surface area (Å²) in [5, 5.41) is 3.53. The number of pyridine rings is 1. The van der Waals surface area contributed by atoms with Gasteiger partial charge in [0.1, 0.15) is 42.0 Å². The van der Waals surface area contributed by atoms with Gasteiger partial charge in [0, 0.05) is 36.0 Å². The molecule has 2 heterocycles. The van der Waals surface area contributed by atoms with Gasteiger partial charge in [0.05, 0.1) is 0 Å². The van der Waals surface area contributed by atoms with Gasteiger partial charge in [-0.05, 0) is 48.0 Å². The van der Waals surface area contributed by atoms with Crippen molar-refractivity contribution in [1.29, 1.82) is 0 Å². The Balaban J connectivity index is 1.98. The van der Waals surface area contributed by atoms with Crippen molar-refractivity contribution >= 4 is 16.7 Å². The molecular weight excluding hydrogens is 393 g/mol. The molecule has 4 aromatic rings. The van der Waals surface area contributed by atoms with Crippen LogP contribution >= 0.6 is 0 Å². The van der Waals surface area contributed by atoms with Crippen LogP contribution < -0.4 is 10.1 Å². The molecule has 0 aliphatic rings. The van der Waals surface area contributed by atoms with Gasteiger partial charge in [-0.2, -0.15) is 0 Å². The summed E-state index contributed by atoms with van der Waals surface area (Å²) < 4.78 is 46.5. The maximum absolute atomic E-state index is 14.4. The highest BCUT2D eigenvalue weighted by Gasteiger charge is 2.17. The molecule has 0 aliphatic heterocycles. The van der Waals surface area contributed by atoms with Gasteiger partial charge in [-0.3, -0.25) is 4.98 Å². The van der Waals surface area contributed by atoms with Crippen molar-refractivity contribution in [3.8, 4) is 28.3 Å². The average Bonchev–Trinajstić information content (AvgIpc) is 2.78. The number of ether oxygens (including phenoxy) is 1. The van der Waals surface area contributed by atoms with E-state index in [1.54, 1.807) is 31.6 Å². The molecule has 0 bridgehead atoms. The Labute approximate surface area is 170 Å². The number of fused-ring (bicyclic) bond motifs is 1. The number of anilines is 1. The minimum absolute atomic E-state index is 0.0559. The van der Waals surface area contributed by atoms with Crippen LogP contribution in [0.5, 0.6) is 5.75 Å². The number of nitrogens with zero attached hydrogens (tertiary/aromatic N) is 3. The van der Waals surface area contributed by atoms with Gasteiger partial charge in [-0.15, -0.1) is 0 Å². The second kappa shape index (κ2) is 8.36. The summed E-state index contributed by atoms with van der Waals surface area (Å²) >= 11 is 0. The van der Waals surface area contributed by atoms with E-state index in [-0.39, 0.29) is 17.9 Å². The fourth-order valence-corrected chi connectivity index (χ4v) is 3.15. The van der Waals surface area contributed by atoms with Crippen LogP contribution in [0.2, 0.25) is 0 Å². The molecule has 0 saturated heterocycles. The van der Waals surface area contributed by atoms with Crippen LogP contribution in [0.15, 0.2) is 54.9 Å². The van der Waals surface area contributed by atoms with Crippen molar-refractivity contribution in [2.45, 2.75) is 0 Å². The molecule has 1 N–H and O–H groups in total. The predicted octanol–water partition coefficient (Wildman–Crippen LogP) is 5.03. The Morgan fingerprint density at radius 3 is 2.63 bits per heavy atom. The predicted molar refractivity (Wildman–Crippen MR) is 109 cm³/mol. The minimum atomic E-state index is -0.709. The quantitative estimate of drug-likeness (QED) is 0.483. The fourth-order valence-electron chi connectivity index (χ4n) is 3.15. The fraction of sp³-hybridized carbons (Fsp3) is 0.136. The van der Waals surface area contributed by atoms with Crippen molar-refractivity contribution < 1.29 is 17.9 Å². The maximum atomic E-state index is 14.4. The smallest absolute Gasteiger partial charge is 0.163 e. The molecule has 0 atom stereocenters. The van der Waals surface area contributed by atoms with E-state index in [0.717, 1.165) is 18.2 Å². The van der Waals surface area contributed by atoms with Crippen molar-refractivity contribution in [2.24, 2.45) is 0 Å². The molecule has 0 unspecified atom stereocenters. The van der Waals surface area contributed by atoms with Gasteiger partial charge in [-0.25, -0.2) is 23.1 Å². The third-order valence-corrected chi connectivity index (χ3v) is 4.50. The first kappa shape index (κ1) is 19.6. The first-order valence-corrected chi connectivity index (χ1v) is 9.19. The third kappa shape index (κ3) is 3.76. The van der Waals surface area contributed by atoms with E-state index < -0.39 is 18.3 Å². The van der Waals surface area contributed by atoms with Crippen LogP contribution in [-0.4, -0.2) is 35.3 Å². The van der Waals surface area contributed by atoms with E-state index in [1.165, 1.54) is 6.07 Å². The largest absolute Gasteiger partial charge is 0.489 e. The number of halogens is 3. The Morgan fingerprint density at radius 2 is 1.90 bits per heavy atom. The van der Waals surface area contributed by atoms with E-state index >= 15 is 0 Å². The summed E-state index contributed by atoms with van der Waals surface area (Å²) in [4.78, 5) is 13.2. The lowest BCUT2D eigenvalue weighted by molar-refractivity contribution is 0.275. The zero-order valence-electron chi connectivity index (χ0n) is 16.0. The molecule has 8 heteroatoms. The Bertz CT molecular complexity index is 1200. The van der Waals surface area contributed by atoms with Crippen LogP contribution in [0.25, 0.3) is 33.4 Å². The molecule has 4 rings (SSSR count). The van der Waals surface area contributed by atoms with Gasteiger partial charge < -0.3 is 10.1 Å². The summed E-state index contributed by atoms with van der Waals surface area (Å²) in [6.07, 6.45) is 3.26. The lowest BCUT2D eigenvalue weighted by atomic mass is 10.0. The topological polar surface area (TPSA) is 59.9 Å². The van der Waals surface area contributed by atoms with Crippen LogP contribution in [0.4, 0.5) is 19.0 Å². The molecular formula is C22H17F3N4O. The summed E-state index contributed by atoms with van der Waals surface area (Å²) in [6, 6.07) is 9.94. The second-order valence-corrected chi connectivity index (χ2v) is 6.42. The van der Waals surface area contributed by atoms with Crippen LogP contribution in [0.1, 0.15) is 0 Å². The third-order valence-electron chi connectivity index (χ3n) is 4.50. The lowest BCUT2D eigenvalue weighted by Gasteiger charge is -2.15. The van der Waals surface area contributed by atoms with E-state index in [4.69, 9.17) is 4.74 Å². The van der Waals surface area contributed by atoms with Gasteiger partial charge >= 0.3 is 0 Å². The number of rotatable bonds is 6. The number of hydrogen-bond acceptors (Lipinski definition) is 5. The number of hydrogen-bond donors (Lipinski definition) is 1. The first-order chi connectivity index (χ1) is 14.6. The number of aromatic nitrogens is 3. The first-order valence-electron chi connectivity index (χ1n) is 9.19. The van der Waals surface area contributed by atoms with Crippen LogP contribution in [-0.2, 0) is 0 Å². The molecule has 0 radical (unpaired) electrons. The summed E-state index contributed by atoms with van der Waals surface area (Å²) in [7, 11) is 1.69. The van der Waals surface area contributed by atoms with Gasteiger partial charge in [0.2, 0.25) is 0 Å². The monoisotopic (exact) mass is 410 g/mol. The Kier molecular flexibility index (Phi) is 5.47. The summed E-state index contributed by atoms with van der Waals surface area (Å²) in [6.45, 7) is -0.912. The molecule has 2 aromatic carbocycles. The minimum Gasteiger partial charge on any atom is -0.489 e. The molecule has 152 valence electrons. The number of nitrogens with one attached hydrogen (secondary N) is 1. The number of benzene rings is 2. The highest BCUT2D eigenvalue weighted by Crippen LogP contribution is 2.36. The highest BCUT2D eigenvalue weighted by atomic mass is 19.1. The molecule has 0 saturated carbocycles. The zero-order valence-corrected chi connectivity index (χ0v) is 16.0. The summed E-state index contributed by atoms with van der Waals surface area (Å²) in [5.74, 6) is -0.0639. The molecule has 0 aliphatic carbocycles. The molecule has 0 spiro atoms. The molecule has 2 aromatic heterocycles. The van der Waals surface area contributed by atoms with Crippen LogP contribution in [0.3, 0.4) is 0 Å². The molecule has 0 fully saturated rings. The van der Waals surface area contributed by atoms with E-state index in [9.17, 15) is 13.2 Å². The zero-order chi connectivity index (χ0) is 21.1. The second-order valence-electron chi connectivity index (χ2n) is 6.42. The van der Waals surface area contributed by atoms with Gasteiger partial charge in [0.25, 0.3) is 0 Å². The summed E-state index contributed by atoms with van der Waals surface area (Å²) in [5.41, 5.74) is 1.53. The van der Waals surface area contributed by atoms with Crippen molar-refractivity contribution in [2.75, 3.05) is 25.6 Å². The van der Waals surface area contributed by atoms with Gasteiger partial charge in [0.15, 0.2) is 5.82 Å². The van der Waals surface area contributed by atoms with Crippen LogP contribution in [0, 0.1) is 11.6 Å².